The van der Waals surface area contributed by atoms with Crippen LogP contribution in [0.3, 0.4) is 0 Å². The normalized spacial score (nSPS) is 15.1. The molecule has 19 aromatic carbocycles. The summed E-state index contributed by atoms with van der Waals surface area (Å²) in [5, 5.41) is 11.4. The molecule has 128 heavy (non-hydrogen) atoms. The van der Waals surface area contributed by atoms with Crippen LogP contribution >= 0.6 is 11.3 Å². The molecular formula is C120H77BN6S. The maximum atomic E-state index is 10.6. The average molecular weight is 1670 g/mol. The lowest BCUT2D eigenvalue weighted by atomic mass is 9.33. The van der Waals surface area contributed by atoms with Crippen molar-refractivity contribution in [2.45, 2.75) is 26.2 Å². The van der Waals surface area contributed by atoms with Crippen molar-refractivity contribution in [2.75, 3.05) is 9.80 Å². The number of nitriles is 1. The largest absolute Gasteiger partial charge is 0.310 e. The van der Waals surface area contributed by atoms with Crippen LogP contribution in [-0.2, 0) is 5.41 Å². The van der Waals surface area contributed by atoms with Gasteiger partial charge in [-0.25, -0.2) is 4.85 Å². The maximum Gasteiger partial charge on any atom is 0.252 e. The number of thiophene rings is 1. The van der Waals surface area contributed by atoms with E-state index in [0.29, 0.717) is 84.0 Å². The molecule has 22 aromatic rings. The van der Waals surface area contributed by atoms with Gasteiger partial charge in [0.25, 0.3) is 6.71 Å². The Morgan fingerprint density at radius 2 is 0.734 bits per heavy atom. The van der Waals surface area contributed by atoms with Crippen LogP contribution in [0.5, 0.6) is 0 Å². The lowest BCUT2D eigenvalue weighted by Crippen LogP contribution is -2.61. The second-order valence-electron chi connectivity index (χ2n) is 33.4. The number of fused-ring (bicyclic) bond motifs is 26. The van der Waals surface area contributed by atoms with Gasteiger partial charge in [-0.05, 0) is 262 Å². The summed E-state index contributed by atoms with van der Waals surface area (Å²) < 4.78 is 237. The van der Waals surface area contributed by atoms with Gasteiger partial charge in [0.05, 0.1) is 84.5 Å². The van der Waals surface area contributed by atoms with E-state index in [4.69, 9.17) is 14.8 Å². The number of anilines is 6. The van der Waals surface area contributed by atoms with E-state index in [1.54, 1.807) is 47.7 Å². The fourth-order valence-corrected chi connectivity index (χ4v) is 20.3. The SMILES string of the molecule is [2H]c1c([2H])c([2H])c(-c2c([2H])c([2H])c3c(c2[2H])c2c([2H])c([2H])c([2H])c([2H])c2n3-c2ccc3c(c2)N2c4cc(C(C)(C)C)cc5c4B3c3ccc(-n4c6c([2H])c([2H])c([2H])c([2H])c6c6c([2H])c(-c7c([2H])c([2H])c([2H])c([2H])c7[2H])c([2H])c([2H])c64)cc3N5c3c(-c4ccccc4)cc(-c4ccc([N+]#[C-])cc4)cc3-c3cccc(c3)-c3ccc4sc5ccc(cc5c4c3)-c3cccc(c3)-c3cc(-c4ccc(C#N)cc4)cc(-c4ccccc4)c32)c([2H])c1[2H]. The van der Waals surface area contributed by atoms with Crippen LogP contribution < -0.4 is 26.2 Å². The Labute approximate surface area is 780 Å². The molecule has 0 saturated carbocycles. The van der Waals surface area contributed by atoms with Gasteiger partial charge in [-0.1, -0.05) is 287 Å². The topological polar surface area (TPSA) is 44.5 Å². The molecule has 25 rings (SSSR count). The maximum absolute atomic E-state index is 10.6. The van der Waals surface area contributed by atoms with E-state index in [0.717, 1.165) is 92.5 Å². The van der Waals surface area contributed by atoms with Crippen molar-refractivity contribution in [1.29, 1.82) is 5.26 Å². The minimum absolute atomic E-state index is 0.118. The molecule has 13 bridgehead atoms. The minimum Gasteiger partial charge on any atom is -0.310 e. The highest BCUT2D eigenvalue weighted by atomic mass is 32.1. The molecule has 3 aliphatic heterocycles. The van der Waals surface area contributed by atoms with Crippen LogP contribution in [0, 0.1) is 17.9 Å². The quantitative estimate of drug-likeness (QED) is 0.112. The molecule has 3 aliphatic rings. The third-order valence-electron chi connectivity index (χ3n) is 25.2. The third kappa shape index (κ3) is 11.9. The monoisotopic (exact) mass is 1670 g/mol. The summed E-state index contributed by atoms with van der Waals surface area (Å²) >= 11 is 1.68. The van der Waals surface area contributed by atoms with Crippen LogP contribution in [0.15, 0.2) is 412 Å². The lowest BCUT2D eigenvalue weighted by Gasteiger charge is -2.46. The van der Waals surface area contributed by atoms with Gasteiger partial charge in [-0.15, -0.1) is 11.3 Å². The van der Waals surface area contributed by atoms with Gasteiger partial charge in [0.15, 0.2) is 5.69 Å². The van der Waals surface area contributed by atoms with E-state index >= 15 is 0 Å². The molecule has 3 aromatic heterocycles. The molecule has 6 heterocycles. The van der Waals surface area contributed by atoms with Crippen molar-refractivity contribution in [2.24, 2.45) is 0 Å². The van der Waals surface area contributed by atoms with E-state index in [2.05, 4.69) is 151 Å². The van der Waals surface area contributed by atoms with Gasteiger partial charge < -0.3 is 18.9 Å². The zero-order valence-corrected chi connectivity index (χ0v) is 69.4. The number of aromatic nitrogens is 2. The molecule has 0 fully saturated rings. The Kier molecular flexibility index (Phi) is 12.2. The second-order valence-corrected chi connectivity index (χ2v) is 34.5. The first kappa shape index (κ1) is 53.6. The molecule has 6 nitrogen and oxygen atoms in total. The highest BCUT2D eigenvalue weighted by molar-refractivity contribution is 7.25. The summed E-state index contributed by atoms with van der Waals surface area (Å²) in [6.45, 7) is 13.5. The van der Waals surface area contributed by atoms with E-state index < -0.39 is 179 Å². The predicted octanol–water partition coefficient (Wildman–Crippen LogP) is 31.0. The Morgan fingerprint density at radius 1 is 0.328 bits per heavy atom. The van der Waals surface area contributed by atoms with Crippen molar-refractivity contribution in [1.82, 2.24) is 9.13 Å². The second kappa shape index (κ2) is 29.1. The average Bonchev–Trinajstić information content (AvgIpc) is 1.61. The number of hydrogen-bond acceptors (Lipinski definition) is 4. The van der Waals surface area contributed by atoms with Gasteiger partial charge >= 0.3 is 0 Å². The van der Waals surface area contributed by atoms with Gasteiger partial charge in [0.2, 0.25) is 0 Å². The van der Waals surface area contributed by atoms with Crippen molar-refractivity contribution in [3.8, 4) is 129 Å². The van der Waals surface area contributed by atoms with E-state index in [-0.39, 0.29) is 55.0 Å². The number of hydrogen-bond donors (Lipinski definition) is 0. The molecule has 0 unspecified atom stereocenters. The number of rotatable bonds is 8. The number of nitrogens with zero attached hydrogens (tertiary/aromatic N) is 6. The standard InChI is InChI=1S/C120H77BN6S/c1-120(2,3)91-69-113-117-114(70-91)127-112-72-94(125-108-38-20-18-36-96(108)102-62-84(46-56-110(102)125)76-25-11-6-12-26-76)52-54-106(112)121(117)105-53-51-93(124-107-37-19-17-35-95(107)101-61-83(45-55-109(101)124)75-23-9-5-10-24-75)71-111(105)126(113)118-97(79-27-13-7-14-28-79)65-89(77-41-39-74(73-122)40-42-77)67-99(118)87-33-21-31-81(59-87)85-47-57-115-103(63-85)104-64-86(48-58-116(104)128-115)82-32-22-34-88(60-82)100-68-90(78-43-49-92(123-4)50-44-78)66-98(119(100)127)80-29-15-8-16-30-80/h5-72H,1-3H3/i5D,6D,9D,10D,11D,12D,17D,18D,19D,20D,23D,24D,25D,26D,35D,36D,37D,38D,45D,46D,55D,56D,61D,62D. The van der Waals surface area contributed by atoms with E-state index in [1.165, 1.54) is 9.13 Å². The zero-order valence-electron chi connectivity index (χ0n) is 92.6. The van der Waals surface area contributed by atoms with Crippen LogP contribution in [0.1, 0.15) is 64.8 Å². The predicted molar refractivity (Wildman–Crippen MR) is 540 cm³/mol. The van der Waals surface area contributed by atoms with Crippen molar-refractivity contribution < 1.29 is 32.9 Å². The Balaban J connectivity index is 0.901. The first-order valence-electron chi connectivity index (χ1n) is 53.9. The lowest BCUT2D eigenvalue weighted by molar-refractivity contribution is 0.590. The Hall–Kier alpha value is -16.4. The molecule has 0 saturated heterocycles. The summed E-state index contributed by atoms with van der Waals surface area (Å²) in [5.41, 5.74) is 14.5. The molecule has 8 heteroatoms. The fraction of sp³-hybridized carbons (Fsp3) is 0.0333. The Morgan fingerprint density at radius 3 is 1.19 bits per heavy atom. The summed E-state index contributed by atoms with van der Waals surface area (Å²) in [6.07, 6.45) is 0. The van der Waals surface area contributed by atoms with Crippen LogP contribution in [0.4, 0.5) is 39.8 Å². The summed E-state index contributed by atoms with van der Waals surface area (Å²) in [4.78, 5) is 8.31. The van der Waals surface area contributed by atoms with Gasteiger partial charge in [-0.2, -0.15) is 5.26 Å². The Bertz CT molecular complexity index is 9470. The first-order valence-corrected chi connectivity index (χ1v) is 42.7. The van der Waals surface area contributed by atoms with Crippen molar-refractivity contribution in [3.63, 3.8) is 0 Å². The zero-order chi connectivity index (χ0) is 106. The van der Waals surface area contributed by atoms with Crippen LogP contribution in [-0.4, -0.2) is 15.8 Å². The molecular weight excluding hydrogens is 1570 g/mol. The highest BCUT2D eigenvalue weighted by Gasteiger charge is 2.47. The van der Waals surface area contributed by atoms with Gasteiger partial charge in [-0.3, -0.25) is 0 Å². The smallest absolute Gasteiger partial charge is 0.252 e. The van der Waals surface area contributed by atoms with Crippen molar-refractivity contribution >= 4 is 138 Å². The number of para-hydroxylation sites is 2. The molecule has 0 spiro atoms. The van der Waals surface area contributed by atoms with Gasteiger partial charge in [0, 0.05) is 98.1 Å². The minimum atomic E-state index is -1.03. The van der Waals surface area contributed by atoms with E-state index in [9.17, 15) is 29.9 Å². The molecule has 0 amide bonds. The highest BCUT2D eigenvalue weighted by Crippen LogP contribution is 2.57. The van der Waals surface area contributed by atoms with Gasteiger partial charge in [0.1, 0.15) is 0 Å². The fourth-order valence-electron chi connectivity index (χ4n) is 19.2. The van der Waals surface area contributed by atoms with Crippen molar-refractivity contribution in [3.05, 3.63) is 434 Å². The van der Waals surface area contributed by atoms with Crippen LogP contribution in [0.2, 0.25) is 0 Å². The molecule has 596 valence electrons. The summed E-state index contributed by atoms with van der Waals surface area (Å²) in [6, 6.07) is 73.3. The van der Waals surface area contributed by atoms with Crippen LogP contribution in [0.25, 0.3) is 191 Å². The molecule has 0 atom stereocenters. The number of benzene rings is 19. The first-order chi connectivity index (χ1) is 73.0. The third-order valence-corrected chi connectivity index (χ3v) is 26.4. The summed E-state index contributed by atoms with van der Waals surface area (Å²) in [7, 11) is 0. The van der Waals surface area contributed by atoms with E-state index in [1.807, 2.05) is 121 Å². The molecule has 0 N–H and O–H groups in total. The molecule has 0 radical (unpaired) electrons. The molecule has 0 aliphatic carbocycles. The summed E-state index contributed by atoms with van der Waals surface area (Å²) in [5.74, 6) is 0.